The van der Waals surface area contributed by atoms with Gasteiger partial charge in [-0.1, -0.05) is 18.2 Å². The Labute approximate surface area is 177 Å². The highest BCUT2D eigenvalue weighted by Gasteiger charge is 2.34. The van der Waals surface area contributed by atoms with Gasteiger partial charge in [-0.3, -0.25) is 9.98 Å². The van der Waals surface area contributed by atoms with Crippen LogP contribution in [0.4, 0.5) is 19.1 Å². The molecular formula is C23H20F3N5. The van der Waals surface area contributed by atoms with E-state index in [0.717, 1.165) is 36.1 Å². The maximum atomic E-state index is 13.1. The van der Waals surface area contributed by atoms with Crippen LogP contribution in [0.15, 0.2) is 77.8 Å². The lowest BCUT2D eigenvalue weighted by atomic mass is 9.74. The zero-order valence-corrected chi connectivity index (χ0v) is 16.5. The molecule has 0 spiro atoms. The molecule has 3 aromatic rings. The van der Waals surface area contributed by atoms with E-state index in [9.17, 15) is 13.2 Å². The third kappa shape index (κ3) is 4.63. The maximum Gasteiger partial charge on any atom is 0.416 e. The summed E-state index contributed by atoms with van der Waals surface area (Å²) in [5, 5.41) is 0. The van der Waals surface area contributed by atoms with Gasteiger partial charge in [0.15, 0.2) is 0 Å². The summed E-state index contributed by atoms with van der Waals surface area (Å²) >= 11 is 0. The first-order valence-electron chi connectivity index (χ1n) is 9.79. The summed E-state index contributed by atoms with van der Waals surface area (Å²) in [4.78, 5) is 17.0. The maximum absolute atomic E-state index is 13.1. The number of allylic oxidation sites excluding steroid dienone is 1. The van der Waals surface area contributed by atoms with Crippen molar-refractivity contribution in [1.29, 1.82) is 0 Å². The van der Waals surface area contributed by atoms with Gasteiger partial charge in [0.1, 0.15) is 0 Å². The molecule has 0 amide bonds. The van der Waals surface area contributed by atoms with Gasteiger partial charge in [0.25, 0.3) is 0 Å². The van der Waals surface area contributed by atoms with Gasteiger partial charge in [-0.2, -0.15) is 13.2 Å². The molecular weight excluding hydrogens is 403 g/mol. The van der Waals surface area contributed by atoms with E-state index in [1.165, 1.54) is 12.1 Å². The topological polar surface area (TPSA) is 77.0 Å². The number of aliphatic imine (C=N–C) groups is 1. The minimum atomic E-state index is -4.41. The zero-order valence-electron chi connectivity index (χ0n) is 16.5. The number of nitrogens with two attached hydrogens (primary N) is 1. The van der Waals surface area contributed by atoms with E-state index >= 15 is 0 Å². The van der Waals surface area contributed by atoms with Gasteiger partial charge in [-0.25, -0.2) is 9.97 Å². The predicted molar refractivity (Wildman–Crippen MR) is 113 cm³/mol. The van der Waals surface area contributed by atoms with Crippen LogP contribution in [0.2, 0.25) is 0 Å². The summed E-state index contributed by atoms with van der Waals surface area (Å²) < 4.78 is 39.4. The number of rotatable bonds is 5. The molecule has 0 aliphatic carbocycles. The Kier molecular flexibility index (Phi) is 5.79. The molecule has 1 aromatic carbocycles. The summed E-state index contributed by atoms with van der Waals surface area (Å²) in [5.74, 6) is -0.511. The van der Waals surface area contributed by atoms with Crippen LogP contribution < -0.4 is 5.73 Å². The van der Waals surface area contributed by atoms with E-state index < -0.39 is 17.7 Å². The summed E-state index contributed by atoms with van der Waals surface area (Å²) in [7, 11) is 0. The van der Waals surface area contributed by atoms with Crippen LogP contribution in [-0.2, 0) is 6.18 Å². The fourth-order valence-corrected chi connectivity index (χ4v) is 3.91. The molecule has 2 atom stereocenters. The number of alkyl halides is 3. The lowest BCUT2D eigenvalue weighted by Gasteiger charge is -2.30. The molecule has 0 saturated heterocycles. The van der Waals surface area contributed by atoms with Gasteiger partial charge in [0.05, 0.1) is 11.3 Å². The summed E-state index contributed by atoms with van der Waals surface area (Å²) in [6.45, 7) is 0. The fourth-order valence-electron chi connectivity index (χ4n) is 3.91. The second kappa shape index (κ2) is 8.67. The van der Waals surface area contributed by atoms with Crippen molar-refractivity contribution in [1.82, 2.24) is 15.0 Å². The van der Waals surface area contributed by atoms with Gasteiger partial charge in [-0.15, -0.1) is 0 Å². The van der Waals surface area contributed by atoms with Crippen LogP contribution in [0.1, 0.15) is 47.1 Å². The number of hydrogen-bond acceptors (Lipinski definition) is 5. The van der Waals surface area contributed by atoms with Crippen molar-refractivity contribution >= 4 is 12.2 Å². The quantitative estimate of drug-likeness (QED) is 0.617. The summed E-state index contributed by atoms with van der Waals surface area (Å²) in [6, 6.07) is 10.7. The molecule has 158 valence electrons. The molecule has 8 heteroatoms. The average Bonchev–Trinajstić information content (AvgIpc) is 2.78. The molecule has 0 radical (unpaired) electrons. The number of pyridine rings is 1. The zero-order chi connectivity index (χ0) is 21.8. The van der Waals surface area contributed by atoms with Gasteiger partial charge < -0.3 is 5.73 Å². The smallest absolute Gasteiger partial charge is 0.368 e. The van der Waals surface area contributed by atoms with Crippen LogP contribution in [0, 0.1) is 0 Å². The van der Waals surface area contributed by atoms with Crippen molar-refractivity contribution in [2.45, 2.75) is 30.9 Å². The number of hydrogen-bond donors (Lipinski definition) is 1. The number of nitrogens with zero attached hydrogens (tertiary/aromatic N) is 4. The Morgan fingerprint density at radius 2 is 1.74 bits per heavy atom. The molecule has 2 unspecified atom stereocenters. The predicted octanol–water partition coefficient (Wildman–Crippen LogP) is 5.14. The van der Waals surface area contributed by atoms with E-state index in [1.807, 2.05) is 24.5 Å². The van der Waals surface area contributed by atoms with Gasteiger partial charge in [0.2, 0.25) is 5.95 Å². The SMILES string of the molecule is Nc1nccc(C(c2ccc(C(F)(F)F)cc2)C(C2=CN=CCC2)c2cccnc2)n1. The third-order valence-corrected chi connectivity index (χ3v) is 5.30. The molecule has 5 nitrogen and oxygen atoms in total. The highest BCUT2D eigenvalue weighted by atomic mass is 19.4. The van der Waals surface area contributed by atoms with Gasteiger partial charge >= 0.3 is 6.18 Å². The van der Waals surface area contributed by atoms with Crippen LogP contribution in [0.25, 0.3) is 0 Å². The molecule has 31 heavy (non-hydrogen) atoms. The van der Waals surface area contributed by atoms with Crippen LogP contribution in [-0.4, -0.2) is 21.2 Å². The molecule has 4 rings (SSSR count). The molecule has 2 N–H and O–H groups in total. The van der Waals surface area contributed by atoms with Crippen molar-refractivity contribution in [2.24, 2.45) is 4.99 Å². The Morgan fingerprint density at radius 1 is 0.935 bits per heavy atom. The molecule has 1 aliphatic heterocycles. The number of anilines is 1. The first-order chi connectivity index (χ1) is 14.9. The Balaban J connectivity index is 1.89. The van der Waals surface area contributed by atoms with Crippen molar-refractivity contribution in [2.75, 3.05) is 5.73 Å². The lowest BCUT2D eigenvalue weighted by Crippen LogP contribution is -2.19. The van der Waals surface area contributed by atoms with Crippen molar-refractivity contribution in [3.8, 4) is 0 Å². The molecule has 1 aliphatic rings. The third-order valence-electron chi connectivity index (χ3n) is 5.30. The highest BCUT2D eigenvalue weighted by molar-refractivity contribution is 5.61. The average molecular weight is 423 g/mol. The first-order valence-corrected chi connectivity index (χ1v) is 9.79. The first kappa shape index (κ1) is 20.7. The fraction of sp³-hybridized carbons (Fsp3) is 0.217. The van der Waals surface area contributed by atoms with Crippen molar-refractivity contribution in [3.05, 3.63) is 95.2 Å². The summed E-state index contributed by atoms with van der Waals surface area (Å²) in [6.07, 6.45) is 5.84. The summed E-state index contributed by atoms with van der Waals surface area (Å²) in [5.41, 5.74) is 8.44. The Hall–Kier alpha value is -3.55. The second-order valence-electron chi connectivity index (χ2n) is 7.28. The van der Waals surface area contributed by atoms with Gasteiger partial charge in [0, 0.05) is 42.8 Å². The Morgan fingerprint density at radius 3 is 2.35 bits per heavy atom. The Bertz CT molecular complexity index is 1090. The number of halogens is 3. The number of nitrogen functional groups attached to an aromatic ring is 1. The van der Waals surface area contributed by atoms with Crippen molar-refractivity contribution in [3.63, 3.8) is 0 Å². The molecule has 2 aromatic heterocycles. The normalized spacial score (nSPS) is 15.9. The largest absolute Gasteiger partial charge is 0.416 e. The van der Waals surface area contributed by atoms with E-state index in [0.29, 0.717) is 11.3 Å². The minimum absolute atomic E-state index is 0.106. The molecule has 3 heterocycles. The van der Waals surface area contributed by atoms with Crippen LogP contribution in [0.3, 0.4) is 0 Å². The van der Waals surface area contributed by atoms with E-state index in [2.05, 4.69) is 19.9 Å². The van der Waals surface area contributed by atoms with E-state index in [1.54, 1.807) is 24.7 Å². The molecule has 0 saturated carbocycles. The van der Waals surface area contributed by atoms with E-state index in [-0.39, 0.29) is 11.9 Å². The van der Waals surface area contributed by atoms with Gasteiger partial charge in [-0.05, 0) is 53.8 Å². The van der Waals surface area contributed by atoms with Crippen LogP contribution >= 0.6 is 0 Å². The number of benzene rings is 1. The highest BCUT2D eigenvalue weighted by Crippen LogP contribution is 2.44. The molecule has 0 bridgehead atoms. The molecule has 0 fully saturated rings. The second-order valence-corrected chi connectivity index (χ2v) is 7.28. The number of aromatic nitrogens is 3. The van der Waals surface area contributed by atoms with Crippen LogP contribution in [0.5, 0.6) is 0 Å². The standard InChI is InChI=1S/C23H20F3N5/c24-23(25,26)18-7-5-15(6-8-18)21(19-9-12-30-22(27)31-19)20(16-3-1-10-28-13-16)17-4-2-11-29-14-17/h1,3,5-14,20-21H,2,4H2,(H2,27,30,31). The van der Waals surface area contributed by atoms with Crippen molar-refractivity contribution < 1.29 is 13.2 Å². The monoisotopic (exact) mass is 423 g/mol. The lowest BCUT2D eigenvalue weighted by molar-refractivity contribution is -0.137. The minimum Gasteiger partial charge on any atom is -0.368 e. The van der Waals surface area contributed by atoms with E-state index in [4.69, 9.17) is 5.73 Å².